The molecule has 1 aromatic heterocycles. The molecule has 3 aromatic rings. The lowest BCUT2D eigenvalue weighted by molar-refractivity contribution is 0.122. The Morgan fingerprint density at radius 2 is 1.41 bits per heavy atom. The van der Waals surface area contributed by atoms with Gasteiger partial charge in [-0.05, 0) is 29.7 Å². The minimum atomic E-state index is 0.978. The van der Waals surface area contributed by atoms with Gasteiger partial charge < -0.3 is 0 Å². The maximum absolute atomic E-state index is 4.49. The van der Waals surface area contributed by atoms with E-state index in [1.165, 1.54) is 27.8 Å². The number of nitrogens with zero attached hydrogens (tertiary/aromatic N) is 3. The Morgan fingerprint density at radius 3 is 2.11 bits per heavy atom. The molecule has 4 rings (SSSR count). The topological polar surface area (TPSA) is 19.4 Å². The summed E-state index contributed by atoms with van der Waals surface area (Å²) in [6.07, 6.45) is 3.98. The van der Waals surface area contributed by atoms with Crippen molar-refractivity contribution in [2.75, 3.05) is 26.2 Å². The summed E-state index contributed by atoms with van der Waals surface area (Å²) >= 11 is 0. The summed E-state index contributed by atoms with van der Waals surface area (Å²) in [7, 11) is 0. The van der Waals surface area contributed by atoms with Gasteiger partial charge in [0.25, 0.3) is 0 Å². The van der Waals surface area contributed by atoms with Crippen LogP contribution in [0, 0.1) is 6.92 Å². The van der Waals surface area contributed by atoms with Gasteiger partial charge in [0, 0.05) is 57.2 Å². The molecule has 0 unspecified atom stereocenters. The molecule has 3 nitrogen and oxygen atoms in total. The first-order chi connectivity index (χ1) is 13.3. The second kappa shape index (κ2) is 8.47. The zero-order valence-electron chi connectivity index (χ0n) is 16.0. The van der Waals surface area contributed by atoms with Crippen LogP contribution in [0.3, 0.4) is 0 Å². The lowest BCUT2D eigenvalue weighted by Gasteiger charge is -2.34. The molecule has 1 aliphatic rings. The summed E-state index contributed by atoms with van der Waals surface area (Å²) < 4.78 is 0. The number of hydrogen-bond donors (Lipinski definition) is 0. The second-order valence-electron chi connectivity index (χ2n) is 7.49. The van der Waals surface area contributed by atoms with Gasteiger partial charge in [0.2, 0.25) is 0 Å². The fourth-order valence-corrected chi connectivity index (χ4v) is 3.76. The predicted octanol–water partition coefficient (Wildman–Crippen LogP) is 4.37. The summed E-state index contributed by atoms with van der Waals surface area (Å²) in [6.45, 7) is 8.64. The second-order valence-corrected chi connectivity index (χ2v) is 7.49. The van der Waals surface area contributed by atoms with Gasteiger partial charge in [0.1, 0.15) is 0 Å². The van der Waals surface area contributed by atoms with E-state index in [1.54, 1.807) is 0 Å². The van der Waals surface area contributed by atoms with Gasteiger partial charge in [0.05, 0.1) is 0 Å². The van der Waals surface area contributed by atoms with Gasteiger partial charge in [-0.1, -0.05) is 60.2 Å². The van der Waals surface area contributed by atoms with E-state index < -0.39 is 0 Å². The van der Waals surface area contributed by atoms with Crippen molar-refractivity contribution in [1.82, 2.24) is 14.8 Å². The van der Waals surface area contributed by atoms with E-state index in [4.69, 9.17) is 0 Å². The first kappa shape index (κ1) is 17.9. The lowest BCUT2D eigenvalue weighted by atomic mass is 10.0. The lowest BCUT2D eigenvalue weighted by Crippen LogP contribution is -2.45. The molecule has 3 heteroatoms. The Labute approximate surface area is 162 Å². The minimum absolute atomic E-state index is 0.978. The van der Waals surface area contributed by atoms with Gasteiger partial charge >= 0.3 is 0 Å². The van der Waals surface area contributed by atoms with Crippen molar-refractivity contribution in [3.05, 3.63) is 89.7 Å². The highest BCUT2D eigenvalue weighted by Crippen LogP contribution is 2.21. The smallest absolute Gasteiger partial charge is 0.0346 e. The molecule has 27 heavy (non-hydrogen) atoms. The van der Waals surface area contributed by atoms with Gasteiger partial charge in [-0.15, -0.1) is 0 Å². The third-order valence-electron chi connectivity index (χ3n) is 5.27. The van der Waals surface area contributed by atoms with E-state index in [1.807, 2.05) is 12.4 Å². The fourth-order valence-electron chi connectivity index (χ4n) is 3.76. The predicted molar refractivity (Wildman–Crippen MR) is 111 cm³/mol. The molecule has 0 spiro atoms. The highest BCUT2D eigenvalue weighted by Gasteiger charge is 2.17. The Bertz CT molecular complexity index is 868. The van der Waals surface area contributed by atoms with Crippen LogP contribution in [-0.2, 0) is 13.1 Å². The van der Waals surface area contributed by atoms with Crippen LogP contribution in [0.15, 0.2) is 73.1 Å². The van der Waals surface area contributed by atoms with E-state index in [-0.39, 0.29) is 0 Å². The van der Waals surface area contributed by atoms with Crippen molar-refractivity contribution in [2.24, 2.45) is 0 Å². The summed E-state index contributed by atoms with van der Waals surface area (Å²) in [6, 6.07) is 21.7. The Balaban J connectivity index is 1.35. The average molecular weight is 358 g/mol. The van der Waals surface area contributed by atoms with E-state index >= 15 is 0 Å². The third-order valence-corrected chi connectivity index (χ3v) is 5.27. The van der Waals surface area contributed by atoms with Crippen LogP contribution in [0.4, 0.5) is 0 Å². The highest BCUT2D eigenvalue weighted by molar-refractivity contribution is 5.63. The molecule has 0 bridgehead atoms. The number of benzene rings is 2. The van der Waals surface area contributed by atoms with Gasteiger partial charge in [-0.2, -0.15) is 0 Å². The molecule has 2 heterocycles. The molecule has 0 aliphatic carbocycles. The van der Waals surface area contributed by atoms with Crippen LogP contribution in [-0.4, -0.2) is 41.0 Å². The van der Waals surface area contributed by atoms with Crippen LogP contribution >= 0.6 is 0 Å². The standard InChI is InChI=1S/C24H27N3/c1-20-6-5-9-23(14-20)24-15-22(16-25-17-24)19-27-12-10-26(11-13-27)18-21-7-3-2-4-8-21/h2-9,14-17H,10-13,18-19H2,1H3. The monoisotopic (exact) mass is 357 g/mol. The Hall–Kier alpha value is -2.49. The third kappa shape index (κ3) is 4.82. The highest BCUT2D eigenvalue weighted by atomic mass is 15.3. The van der Waals surface area contributed by atoms with Crippen LogP contribution in [0.1, 0.15) is 16.7 Å². The average Bonchev–Trinajstić information content (AvgIpc) is 2.71. The number of aromatic nitrogens is 1. The molecule has 1 fully saturated rings. The van der Waals surface area contributed by atoms with E-state index in [2.05, 4.69) is 82.4 Å². The largest absolute Gasteiger partial charge is 0.297 e. The molecule has 138 valence electrons. The van der Waals surface area contributed by atoms with Crippen molar-refractivity contribution in [3.63, 3.8) is 0 Å². The molecule has 2 aromatic carbocycles. The number of aryl methyl sites for hydroxylation is 1. The molecular weight excluding hydrogens is 330 g/mol. The van der Waals surface area contributed by atoms with E-state index in [0.29, 0.717) is 0 Å². The minimum Gasteiger partial charge on any atom is -0.297 e. The van der Waals surface area contributed by atoms with Crippen LogP contribution in [0.5, 0.6) is 0 Å². The molecule has 1 saturated heterocycles. The summed E-state index contributed by atoms with van der Waals surface area (Å²) in [5.41, 5.74) is 6.44. The van der Waals surface area contributed by atoms with Crippen LogP contribution < -0.4 is 0 Å². The number of rotatable bonds is 5. The molecule has 0 radical (unpaired) electrons. The van der Waals surface area contributed by atoms with Crippen LogP contribution in [0.2, 0.25) is 0 Å². The quantitative estimate of drug-likeness (QED) is 0.676. The van der Waals surface area contributed by atoms with Gasteiger partial charge in [-0.3, -0.25) is 14.8 Å². The Kier molecular flexibility index (Phi) is 5.61. The van der Waals surface area contributed by atoms with Crippen molar-refractivity contribution < 1.29 is 0 Å². The van der Waals surface area contributed by atoms with E-state index in [0.717, 1.165) is 39.3 Å². The number of piperazine rings is 1. The zero-order chi connectivity index (χ0) is 18.5. The summed E-state index contributed by atoms with van der Waals surface area (Å²) in [5.74, 6) is 0. The Morgan fingerprint density at radius 1 is 0.704 bits per heavy atom. The summed E-state index contributed by atoms with van der Waals surface area (Å²) in [5, 5.41) is 0. The normalized spacial score (nSPS) is 15.7. The molecule has 0 saturated carbocycles. The van der Waals surface area contributed by atoms with Gasteiger partial charge in [0.15, 0.2) is 0 Å². The number of hydrogen-bond acceptors (Lipinski definition) is 3. The maximum atomic E-state index is 4.49. The molecule has 0 N–H and O–H groups in total. The molecule has 0 atom stereocenters. The first-order valence-electron chi connectivity index (χ1n) is 9.76. The van der Waals surface area contributed by atoms with Crippen molar-refractivity contribution in [1.29, 1.82) is 0 Å². The first-order valence-corrected chi connectivity index (χ1v) is 9.76. The number of pyridine rings is 1. The maximum Gasteiger partial charge on any atom is 0.0346 e. The van der Waals surface area contributed by atoms with Crippen molar-refractivity contribution >= 4 is 0 Å². The van der Waals surface area contributed by atoms with Crippen molar-refractivity contribution in [2.45, 2.75) is 20.0 Å². The van der Waals surface area contributed by atoms with E-state index in [9.17, 15) is 0 Å². The van der Waals surface area contributed by atoms with Crippen molar-refractivity contribution in [3.8, 4) is 11.1 Å². The van der Waals surface area contributed by atoms with Crippen LogP contribution in [0.25, 0.3) is 11.1 Å². The SMILES string of the molecule is Cc1cccc(-c2cncc(CN3CCN(Cc4ccccc4)CC3)c2)c1. The summed E-state index contributed by atoms with van der Waals surface area (Å²) in [4.78, 5) is 9.58. The van der Waals surface area contributed by atoms with Gasteiger partial charge in [-0.25, -0.2) is 0 Å². The zero-order valence-corrected chi connectivity index (χ0v) is 16.0. The fraction of sp³-hybridized carbons (Fsp3) is 0.292. The molecule has 0 amide bonds. The molecule has 1 aliphatic heterocycles. The molecular formula is C24H27N3.